The van der Waals surface area contributed by atoms with Crippen molar-refractivity contribution >= 4 is 13.6 Å². The number of alkyl halides is 3. The number of aryl methyl sites for hydroxylation is 1. The summed E-state index contributed by atoms with van der Waals surface area (Å²) >= 11 is 0. The van der Waals surface area contributed by atoms with Gasteiger partial charge in [-0.3, -0.25) is 9.36 Å². The number of halogens is 3. The fourth-order valence-corrected chi connectivity index (χ4v) is 4.84. The van der Waals surface area contributed by atoms with E-state index in [9.17, 15) is 22.5 Å². The quantitative estimate of drug-likeness (QED) is 0.281. The van der Waals surface area contributed by atoms with Crippen molar-refractivity contribution in [1.82, 2.24) is 10.1 Å². The second-order valence-corrected chi connectivity index (χ2v) is 10.7. The molecule has 0 radical (unpaired) electrons. The molecule has 0 saturated carbocycles. The molecular weight excluding hydrogens is 476 g/mol. The highest BCUT2D eigenvalue weighted by molar-refractivity contribution is 7.55. The number of rotatable bonds is 11. The van der Waals surface area contributed by atoms with Gasteiger partial charge in [0, 0.05) is 12.0 Å². The molecule has 34 heavy (non-hydrogen) atoms. The molecule has 0 fully saturated rings. The summed E-state index contributed by atoms with van der Waals surface area (Å²) in [4.78, 5) is 17.1. The van der Waals surface area contributed by atoms with Gasteiger partial charge in [-0.25, -0.2) is 0 Å². The van der Waals surface area contributed by atoms with Crippen LogP contribution in [0.5, 0.6) is 0 Å². The fourth-order valence-electron chi connectivity index (χ4n) is 3.00. The number of nitrogens with zero attached hydrogens (tertiary/aromatic N) is 2. The van der Waals surface area contributed by atoms with Crippen molar-refractivity contribution in [2.45, 2.75) is 71.3 Å². The van der Waals surface area contributed by atoms with Crippen LogP contribution >= 0.6 is 7.60 Å². The van der Waals surface area contributed by atoms with E-state index in [-0.39, 0.29) is 37.8 Å². The second-order valence-electron chi connectivity index (χ2n) is 8.45. The summed E-state index contributed by atoms with van der Waals surface area (Å²) in [6.07, 6.45) is -5.52. The number of hydrogen-bond donors (Lipinski definition) is 0. The van der Waals surface area contributed by atoms with Gasteiger partial charge in [-0.2, -0.15) is 18.2 Å². The Morgan fingerprint density at radius 1 is 1.09 bits per heavy atom. The average molecular weight is 506 g/mol. The van der Waals surface area contributed by atoms with Crippen LogP contribution in [0.2, 0.25) is 0 Å². The molecular formula is C22H30F3N2O6P. The van der Waals surface area contributed by atoms with E-state index in [1.165, 1.54) is 0 Å². The first-order valence-electron chi connectivity index (χ1n) is 10.9. The molecule has 0 N–H and O–H groups in total. The summed E-state index contributed by atoms with van der Waals surface area (Å²) in [6.45, 7) is 8.38. The van der Waals surface area contributed by atoms with Crippen LogP contribution in [0.25, 0.3) is 11.4 Å². The summed E-state index contributed by atoms with van der Waals surface area (Å²) in [5.74, 6) is -0.610. The lowest BCUT2D eigenvalue weighted by Crippen LogP contribution is -2.34. The Morgan fingerprint density at radius 3 is 2.18 bits per heavy atom. The van der Waals surface area contributed by atoms with Crippen molar-refractivity contribution < 1.29 is 40.8 Å². The van der Waals surface area contributed by atoms with Crippen LogP contribution < -0.4 is 0 Å². The van der Waals surface area contributed by atoms with E-state index in [1.54, 1.807) is 58.9 Å². The Kier molecular flexibility index (Phi) is 9.45. The van der Waals surface area contributed by atoms with Gasteiger partial charge in [-0.15, -0.1) is 0 Å². The smallest absolute Gasteiger partial charge is 0.389 e. The largest absolute Gasteiger partial charge is 0.459 e. The van der Waals surface area contributed by atoms with Crippen LogP contribution in [0, 0.1) is 0 Å². The Hall–Kier alpha value is -2.23. The van der Waals surface area contributed by atoms with E-state index in [0.29, 0.717) is 11.1 Å². The molecule has 2 rings (SSSR count). The first-order valence-corrected chi connectivity index (χ1v) is 12.5. The predicted molar refractivity (Wildman–Crippen MR) is 118 cm³/mol. The molecule has 1 heterocycles. The molecule has 0 aliphatic heterocycles. The van der Waals surface area contributed by atoms with Crippen molar-refractivity contribution in [2.75, 3.05) is 13.2 Å². The summed E-state index contributed by atoms with van der Waals surface area (Å²) in [6, 6.07) is 6.27. The first-order chi connectivity index (χ1) is 15.8. The Balaban J connectivity index is 2.24. The van der Waals surface area contributed by atoms with Gasteiger partial charge in [0.2, 0.25) is 11.7 Å². The van der Waals surface area contributed by atoms with Crippen molar-refractivity contribution in [3.05, 3.63) is 35.7 Å². The van der Waals surface area contributed by atoms with Crippen molar-refractivity contribution in [1.29, 1.82) is 0 Å². The molecule has 0 aliphatic carbocycles. The van der Waals surface area contributed by atoms with E-state index >= 15 is 0 Å². The summed E-state index contributed by atoms with van der Waals surface area (Å²) < 4.78 is 72.0. The predicted octanol–water partition coefficient (Wildman–Crippen LogP) is 5.75. The van der Waals surface area contributed by atoms with Gasteiger partial charge < -0.3 is 18.3 Å². The Labute approximate surface area is 196 Å². The highest BCUT2D eigenvalue weighted by Crippen LogP contribution is 2.54. The van der Waals surface area contributed by atoms with Crippen LogP contribution in [0.1, 0.15) is 52.5 Å². The highest BCUT2D eigenvalue weighted by Gasteiger charge is 2.44. The summed E-state index contributed by atoms with van der Waals surface area (Å²) in [5.41, 5.74) is -1.14. The number of carbonyl (C=O) groups excluding carboxylic acids is 1. The third-order valence-electron chi connectivity index (χ3n) is 4.42. The molecule has 8 nitrogen and oxygen atoms in total. The van der Waals surface area contributed by atoms with Gasteiger partial charge in [0.1, 0.15) is 5.60 Å². The zero-order valence-electron chi connectivity index (χ0n) is 19.8. The van der Waals surface area contributed by atoms with E-state index < -0.39 is 37.4 Å². The number of hydrogen-bond acceptors (Lipinski definition) is 8. The van der Waals surface area contributed by atoms with Crippen LogP contribution in [0.15, 0.2) is 28.8 Å². The molecule has 0 aliphatic rings. The van der Waals surface area contributed by atoms with Crippen molar-refractivity contribution in [2.24, 2.45) is 0 Å². The zero-order valence-corrected chi connectivity index (χ0v) is 20.7. The molecule has 1 aromatic carbocycles. The number of benzene rings is 1. The lowest BCUT2D eigenvalue weighted by atomic mass is 10.1. The van der Waals surface area contributed by atoms with Gasteiger partial charge in [0.25, 0.3) is 0 Å². The molecule has 1 aromatic heterocycles. The van der Waals surface area contributed by atoms with Crippen molar-refractivity contribution in [3.63, 3.8) is 0 Å². The lowest BCUT2D eigenvalue weighted by molar-refractivity contribution is -0.154. The lowest BCUT2D eigenvalue weighted by Gasteiger charge is -2.27. The fraction of sp³-hybridized carbons (Fsp3) is 0.591. The van der Waals surface area contributed by atoms with Gasteiger partial charge in [0.05, 0.1) is 19.6 Å². The molecule has 1 unspecified atom stereocenters. The highest BCUT2D eigenvalue weighted by atomic mass is 31.2. The van der Waals surface area contributed by atoms with E-state index in [1.807, 2.05) is 0 Å². The van der Waals surface area contributed by atoms with Gasteiger partial charge in [-0.05, 0) is 46.6 Å². The average Bonchev–Trinajstić information content (AvgIpc) is 3.18. The molecule has 0 bridgehead atoms. The number of ether oxygens (including phenoxy) is 1. The van der Waals surface area contributed by atoms with Gasteiger partial charge >= 0.3 is 19.7 Å². The normalized spacial score (nSPS) is 13.6. The van der Waals surface area contributed by atoms with Gasteiger partial charge in [0.15, 0.2) is 5.66 Å². The second kappa shape index (κ2) is 11.5. The minimum atomic E-state index is -4.23. The number of aromatic nitrogens is 2. The number of esters is 1. The van der Waals surface area contributed by atoms with Crippen LogP contribution in [0.3, 0.4) is 0 Å². The van der Waals surface area contributed by atoms with Crippen LogP contribution in [0.4, 0.5) is 13.2 Å². The Morgan fingerprint density at radius 2 is 1.68 bits per heavy atom. The maximum absolute atomic E-state index is 13.4. The molecule has 2 aromatic rings. The molecule has 0 saturated heterocycles. The van der Waals surface area contributed by atoms with E-state index in [2.05, 4.69) is 10.1 Å². The van der Waals surface area contributed by atoms with E-state index in [0.717, 1.165) is 0 Å². The maximum Gasteiger partial charge on any atom is 0.389 e. The third-order valence-corrected chi connectivity index (χ3v) is 6.82. The zero-order chi connectivity index (χ0) is 25.6. The minimum absolute atomic E-state index is 0.00615. The first kappa shape index (κ1) is 28.0. The molecule has 0 spiro atoms. The van der Waals surface area contributed by atoms with Gasteiger partial charge in [-0.1, -0.05) is 29.4 Å². The summed E-state index contributed by atoms with van der Waals surface area (Å²) in [7, 11) is -3.92. The molecule has 1 atom stereocenters. The molecule has 0 amide bonds. The maximum atomic E-state index is 13.4. The third kappa shape index (κ3) is 8.52. The molecule has 190 valence electrons. The SMILES string of the molecule is CCOP(=O)(OCC)C(Cc1nc(-c2ccc(CCC(F)(F)F)cc2)no1)C(=O)OC(C)(C)C. The monoisotopic (exact) mass is 506 g/mol. The van der Waals surface area contributed by atoms with Crippen molar-refractivity contribution in [3.8, 4) is 11.4 Å². The van der Waals surface area contributed by atoms with E-state index in [4.69, 9.17) is 18.3 Å². The Bertz CT molecular complexity index is 976. The van der Waals surface area contributed by atoms with Crippen LogP contribution in [-0.4, -0.2) is 46.8 Å². The topological polar surface area (TPSA) is 101 Å². The van der Waals surface area contributed by atoms with Crippen LogP contribution in [-0.2, 0) is 36.0 Å². The summed E-state index contributed by atoms with van der Waals surface area (Å²) in [5, 5.41) is 3.87. The standard InChI is InChI=1S/C22H30F3N2O6P/c1-6-30-34(29,31-7-2)17(20(28)32-21(3,4)5)14-18-26-19(27-33-18)16-10-8-15(9-11-16)12-13-22(23,24)25/h8-11,17H,6-7,12-14H2,1-5H3. The number of carbonyl (C=O) groups is 1. The molecule has 12 heteroatoms. The minimum Gasteiger partial charge on any atom is -0.459 e.